The normalized spacial score (nSPS) is 35.1. The van der Waals surface area contributed by atoms with Gasteiger partial charge in [-0.25, -0.2) is 0 Å². The minimum Gasteiger partial charge on any atom is -0.384 e. The molecule has 0 spiro atoms. The van der Waals surface area contributed by atoms with Crippen molar-refractivity contribution in [2.24, 2.45) is 27.7 Å². The molecule has 0 saturated heterocycles. The molecular formula is C24H28N2. The Bertz CT molecular complexity index is 766. The molecule has 2 nitrogen and oxygen atoms in total. The van der Waals surface area contributed by atoms with E-state index >= 15 is 0 Å². The van der Waals surface area contributed by atoms with Crippen LogP contribution < -0.4 is 5.32 Å². The molecule has 0 radical (unpaired) electrons. The van der Waals surface area contributed by atoms with Crippen LogP contribution in [0.1, 0.15) is 38.5 Å². The zero-order chi connectivity index (χ0) is 17.5. The molecule has 2 atom stereocenters. The fourth-order valence-corrected chi connectivity index (χ4v) is 6.45. The van der Waals surface area contributed by atoms with Crippen molar-refractivity contribution >= 4 is 17.6 Å². The number of anilines is 1. The Morgan fingerprint density at radius 3 is 2.23 bits per heavy atom. The number of para-hydroxylation sites is 2. The number of aliphatic imine (C=N–C) groups is 1. The lowest BCUT2D eigenvalue weighted by atomic mass is 9.44. The van der Waals surface area contributed by atoms with Crippen molar-refractivity contribution in [2.75, 3.05) is 11.9 Å². The van der Waals surface area contributed by atoms with Crippen LogP contribution in [0.3, 0.4) is 0 Å². The predicted octanol–water partition coefficient (Wildman–Crippen LogP) is 6.09. The first-order valence-electron chi connectivity index (χ1n) is 10.1. The number of nitrogens with one attached hydrogen (secondary N) is 1. The molecule has 134 valence electrons. The summed E-state index contributed by atoms with van der Waals surface area (Å²) in [6.45, 7) is 1.12. The average Bonchev–Trinajstić information content (AvgIpc) is 2.66. The van der Waals surface area contributed by atoms with E-state index in [9.17, 15) is 0 Å². The van der Waals surface area contributed by atoms with Gasteiger partial charge in [-0.15, -0.1) is 0 Å². The van der Waals surface area contributed by atoms with Crippen LogP contribution in [0.2, 0.25) is 0 Å². The van der Waals surface area contributed by atoms with E-state index in [1.54, 1.807) is 0 Å². The van der Waals surface area contributed by atoms with Crippen LogP contribution in [0.5, 0.6) is 0 Å². The van der Waals surface area contributed by atoms with Gasteiger partial charge in [0, 0.05) is 23.9 Å². The second kappa shape index (κ2) is 6.26. The fraction of sp³-hybridized carbons (Fsp3) is 0.458. The first kappa shape index (κ1) is 16.1. The van der Waals surface area contributed by atoms with Gasteiger partial charge >= 0.3 is 0 Å². The molecule has 4 fully saturated rings. The first-order valence-corrected chi connectivity index (χ1v) is 10.1. The fourth-order valence-electron chi connectivity index (χ4n) is 6.45. The molecule has 4 bridgehead atoms. The van der Waals surface area contributed by atoms with E-state index in [0.29, 0.717) is 10.8 Å². The van der Waals surface area contributed by atoms with Gasteiger partial charge in [0.25, 0.3) is 0 Å². The van der Waals surface area contributed by atoms with Gasteiger partial charge in [0.1, 0.15) is 0 Å². The number of benzene rings is 2. The molecule has 2 heteroatoms. The summed E-state index contributed by atoms with van der Waals surface area (Å²) in [6.07, 6.45) is 10.6. The molecule has 0 heterocycles. The van der Waals surface area contributed by atoms with E-state index in [0.717, 1.165) is 24.1 Å². The molecule has 4 aliphatic carbocycles. The van der Waals surface area contributed by atoms with Crippen LogP contribution >= 0.6 is 0 Å². The smallest absolute Gasteiger partial charge is 0.0625 e. The largest absolute Gasteiger partial charge is 0.384 e. The zero-order valence-corrected chi connectivity index (χ0v) is 15.4. The Kier molecular flexibility index (Phi) is 3.88. The number of hydrogen-bond donors (Lipinski definition) is 1. The molecule has 26 heavy (non-hydrogen) atoms. The maximum Gasteiger partial charge on any atom is 0.0625 e. The van der Waals surface area contributed by atoms with Gasteiger partial charge in [-0.05, 0) is 80.0 Å². The Morgan fingerprint density at radius 2 is 1.54 bits per heavy atom. The monoisotopic (exact) mass is 344 g/mol. The van der Waals surface area contributed by atoms with Gasteiger partial charge in [-0.3, -0.25) is 4.99 Å². The van der Waals surface area contributed by atoms with Crippen LogP contribution in [0, 0.1) is 22.7 Å². The second-order valence-electron chi connectivity index (χ2n) is 9.14. The van der Waals surface area contributed by atoms with Crippen LogP contribution in [-0.2, 0) is 0 Å². The second-order valence-corrected chi connectivity index (χ2v) is 9.14. The van der Waals surface area contributed by atoms with E-state index in [2.05, 4.69) is 72.2 Å². The van der Waals surface area contributed by atoms with Crippen LogP contribution in [0.15, 0.2) is 65.7 Å². The molecule has 4 aliphatic rings. The van der Waals surface area contributed by atoms with Crippen molar-refractivity contribution in [3.05, 3.63) is 60.7 Å². The highest BCUT2D eigenvalue weighted by atomic mass is 14.9. The van der Waals surface area contributed by atoms with E-state index in [-0.39, 0.29) is 0 Å². The summed E-state index contributed by atoms with van der Waals surface area (Å²) in [6, 6.07) is 21.2. The molecule has 0 amide bonds. The van der Waals surface area contributed by atoms with E-state index in [4.69, 9.17) is 4.99 Å². The number of nitrogens with zero attached hydrogens (tertiary/aromatic N) is 1. The minimum atomic E-state index is 0.332. The van der Waals surface area contributed by atoms with E-state index in [1.165, 1.54) is 44.2 Å². The lowest BCUT2D eigenvalue weighted by Crippen LogP contribution is -2.54. The molecule has 4 saturated carbocycles. The Hall–Kier alpha value is -2.09. The molecule has 6 rings (SSSR count). The summed E-state index contributed by atoms with van der Waals surface area (Å²) in [7, 11) is 0. The van der Waals surface area contributed by atoms with Crippen molar-refractivity contribution in [3.8, 4) is 0 Å². The third-order valence-electron chi connectivity index (χ3n) is 6.91. The van der Waals surface area contributed by atoms with Crippen LogP contribution in [0.4, 0.5) is 11.4 Å². The quantitative estimate of drug-likeness (QED) is 0.652. The van der Waals surface area contributed by atoms with Gasteiger partial charge in [0.15, 0.2) is 0 Å². The lowest BCUT2D eigenvalue weighted by Gasteiger charge is -2.61. The summed E-state index contributed by atoms with van der Waals surface area (Å²) in [4.78, 5) is 4.90. The van der Waals surface area contributed by atoms with E-state index in [1.807, 2.05) is 0 Å². The SMILES string of the molecule is C(=Nc1ccccc1)C12CC3CC(C1)CC(CNc1ccccc1)(C3)C2. The Morgan fingerprint density at radius 1 is 0.885 bits per heavy atom. The Balaban J connectivity index is 1.36. The van der Waals surface area contributed by atoms with Crippen molar-refractivity contribution in [1.29, 1.82) is 0 Å². The first-order chi connectivity index (χ1) is 12.7. The van der Waals surface area contributed by atoms with Gasteiger partial charge in [-0.2, -0.15) is 0 Å². The summed E-state index contributed by atoms with van der Waals surface area (Å²) in [5.41, 5.74) is 3.15. The van der Waals surface area contributed by atoms with Crippen LogP contribution in [-0.4, -0.2) is 12.8 Å². The highest BCUT2D eigenvalue weighted by molar-refractivity contribution is 5.71. The highest BCUT2D eigenvalue weighted by Gasteiger charge is 2.56. The number of hydrogen-bond acceptors (Lipinski definition) is 2. The van der Waals surface area contributed by atoms with E-state index < -0.39 is 0 Å². The summed E-state index contributed by atoms with van der Waals surface area (Å²) in [5, 5.41) is 3.75. The standard InChI is InChI=1S/C24H28N2/c1-3-7-21(8-4-1)25-17-23-12-19-11-20(13-23)15-24(14-19,16-23)18-26-22-9-5-2-6-10-22/h1-10,17,19-20,26H,11-16,18H2. The highest BCUT2D eigenvalue weighted by Crippen LogP contribution is 2.64. The summed E-state index contributed by atoms with van der Waals surface area (Å²) >= 11 is 0. The average molecular weight is 345 g/mol. The molecule has 0 aromatic heterocycles. The molecule has 2 aromatic rings. The van der Waals surface area contributed by atoms with Gasteiger partial charge in [0.05, 0.1) is 5.69 Å². The Labute approximate surface area is 156 Å². The van der Waals surface area contributed by atoms with Crippen molar-refractivity contribution in [1.82, 2.24) is 0 Å². The van der Waals surface area contributed by atoms with Crippen molar-refractivity contribution < 1.29 is 0 Å². The molecular weight excluding hydrogens is 316 g/mol. The van der Waals surface area contributed by atoms with Crippen molar-refractivity contribution in [2.45, 2.75) is 38.5 Å². The third kappa shape index (κ3) is 3.06. The lowest BCUT2D eigenvalue weighted by molar-refractivity contribution is -0.0687. The third-order valence-corrected chi connectivity index (χ3v) is 6.91. The topological polar surface area (TPSA) is 24.4 Å². The zero-order valence-electron chi connectivity index (χ0n) is 15.4. The molecule has 2 unspecified atom stereocenters. The number of rotatable bonds is 5. The van der Waals surface area contributed by atoms with Crippen LogP contribution in [0.25, 0.3) is 0 Å². The van der Waals surface area contributed by atoms with Gasteiger partial charge < -0.3 is 5.32 Å². The molecule has 1 N–H and O–H groups in total. The van der Waals surface area contributed by atoms with Gasteiger partial charge in [0.2, 0.25) is 0 Å². The maximum atomic E-state index is 4.90. The summed E-state index contributed by atoms with van der Waals surface area (Å²) < 4.78 is 0. The summed E-state index contributed by atoms with van der Waals surface area (Å²) in [5.74, 6) is 1.80. The molecule has 2 aromatic carbocycles. The van der Waals surface area contributed by atoms with Crippen molar-refractivity contribution in [3.63, 3.8) is 0 Å². The molecule has 0 aliphatic heterocycles. The minimum absolute atomic E-state index is 0.332. The predicted molar refractivity (Wildman–Crippen MR) is 109 cm³/mol. The maximum absolute atomic E-state index is 4.90. The van der Waals surface area contributed by atoms with Gasteiger partial charge in [-0.1, -0.05) is 36.4 Å².